The molecule has 16 heteroatoms. The molecule has 2 aromatic carbocycles. The van der Waals surface area contributed by atoms with E-state index in [2.05, 4.69) is 53.3 Å². The predicted molar refractivity (Wildman–Crippen MR) is 258 cm³/mol. The van der Waals surface area contributed by atoms with Gasteiger partial charge >= 0.3 is 12.2 Å². The fraction of sp³-hybridized carbons (Fsp3) is 0.451. The maximum atomic E-state index is 16.9. The van der Waals surface area contributed by atoms with Crippen LogP contribution in [-0.4, -0.2) is 101 Å². The number of aryl methyl sites for hydroxylation is 2. The predicted octanol–water partition coefficient (Wildman–Crippen LogP) is 9.18. The fourth-order valence-electron chi connectivity index (χ4n) is 10.4. The van der Waals surface area contributed by atoms with Crippen LogP contribution in [0.3, 0.4) is 0 Å². The number of amides is 4. The van der Waals surface area contributed by atoms with E-state index in [-0.39, 0.29) is 35.7 Å². The van der Waals surface area contributed by atoms with Crippen LogP contribution in [-0.2, 0) is 19.1 Å². The van der Waals surface area contributed by atoms with E-state index in [0.29, 0.717) is 48.5 Å². The lowest BCUT2D eigenvalue weighted by Crippen LogP contribution is -2.53. The molecular formula is C51H58FN7O7S. The number of fused-ring (bicyclic) bond motifs is 5. The quantitative estimate of drug-likeness (QED) is 0.152. The van der Waals surface area contributed by atoms with Crippen LogP contribution in [0, 0.1) is 31.5 Å². The van der Waals surface area contributed by atoms with Crippen LogP contribution in [0.2, 0.25) is 0 Å². The maximum absolute atomic E-state index is 16.9. The van der Waals surface area contributed by atoms with Gasteiger partial charge in [0.25, 0.3) is 0 Å². The number of benzene rings is 2. The van der Waals surface area contributed by atoms with Gasteiger partial charge in [0.2, 0.25) is 18.0 Å². The smallest absolute Gasteiger partial charge is 0.407 e. The first-order valence-corrected chi connectivity index (χ1v) is 24.0. The number of nitrogens with zero attached hydrogens (tertiary/aromatic N) is 5. The van der Waals surface area contributed by atoms with E-state index >= 15 is 4.39 Å². The zero-order valence-electron chi connectivity index (χ0n) is 39.3. The molecule has 0 saturated carbocycles. The minimum atomic E-state index is -0.740. The van der Waals surface area contributed by atoms with Crippen molar-refractivity contribution in [3.63, 3.8) is 0 Å². The lowest BCUT2D eigenvalue weighted by atomic mass is 9.95. The van der Waals surface area contributed by atoms with Crippen molar-refractivity contribution < 1.29 is 37.8 Å². The van der Waals surface area contributed by atoms with Crippen molar-refractivity contribution in [2.45, 2.75) is 110 Å². The molecule has 5 aliphatic rings. The number of hydrogen-bond acceptors (Lipinski definition) is 10. The van der Waals surface area contributed by atoms with E-state index in [0.717, 1.165) is 80.0 Å². The summed E-state index contributed by atoms with van der Waals surface area (Å²) >= 11 is 1.70. The highest BCUT2D eigenvalue weighted by molar-refractivity contribution is 7.12. The molecule has 4 aromatic rings. The number of nitrogens with one attached hydrogen (secondary N) is 2. The molecule has 5 atom stereocenters. The van der Waals surface area contributed by atoms with Crippen molar-refractivity contribution in [3.05, 3.63) is 87.1 Å². The lowest BCUT2D eigenvalue weighted by molar-refractivity contribution is -0.134. The fourth-order valence-corrected chi connectivity index (χ4v) is 11.4. The molecule has 1 unspecified atom stereocenters. The molecule has 14 nitrogen and oxygen atoms in total. The van der Waals surface area contributed by atoms with Gasteiger partial charge in [-0.25, -0.2) is 14.0 Å². The molecule has 0 bridgehead atoms. The number of methoxy groups -OCH3 is 2. The number of ether oxygens (including phenoxy) is 3. The van der Waals surface area contributed by atoms with E-state index in [4.69, 9.17) is 24.2 Å². The summed E-state index contributed by atoms with van der Waals surface area (Å²) in [5.74, 6) is -0.565. The molecule has 4 amide bonds. The number of allylic oxidation sites excluding steroid dienone is 2. The van der Waals surface area contributed by atoms with Gasteiger partial charge in [0.05, 0.1) is 43.1 Å². The minimum absolute atomic E-state index is 0.128. The number of rotatable bonds is 11. The Bertz CT molecular complexity index is 2800. The number of halogens is 1. The highest BCUT2D eigenvalue weighted by atomic mass is 32.1. The van der Waals surface area contributed by atoms with Crippen LogP contribution >= 0.6 is 11.3 Å². The average Bonchev–Trinajstić information content (AvgIpc) is 4.17. The molecule has 2 fully saturated rings. The molecule has 9 rings (SSSR count). The van der Waals surface area contributed by atoms with Crippen molar-refractivity contribution in [1.82, 2.24) is 25.0 Å². The largest absolute Gasteiger partial charge is 0.465 e. The first-order chi connectivity index (χ1) is 32.1. The summed E-state index contributed by atoms with van der Waals surface area (Å²) in [7, 11) is 2.57. The summed E-state index contributed by atoms with van der Waals surface area (Å²) < 4.78 is 35.5. The molecule has 0 spiro atoms. The number of thiophene rings is 1. The van der Waals surface area contributed by atoms with Crippen LogP contribution < -0.4 is 15.4 Å². The molecule has 352 valence electrons. The third-order valence-corrected chi connectivity index (χ3v) is 14.8. The van der Waals surface area contributed by atoms with E-state index in [1.165, 1.54) is 14.2 Å². The Balaban J connectivity index is 0.977. The maximum Gasteiger partial charge on any atom is 0.407 e. The second kappa shape index (κ2) is 18.4. The van der Waals surface area contributed by atoms with Crippen LogP contribution in [0.1, 0.15) is 98.9 Å². The first kappa shape index (κ1) is 45.8. The molecule has 2 N–H and O–H groups in total. The van der Waals surface area contributed by atoms with Crippen LogP contribution in [0.25, 0.3) is 33.3 Å². The Kier molecular flexibility index (Phi) is 12.6. The van der Waals surface area contributed by atoms with E-state index in [1.54, 1.807) is 23.6 Å². The zero-order valence-corrected chi connectivity index (χ0v) is 40.1. The second-order valence-electron chi connectivity index (χ2n) is 18.8. The number of aromatic nitrogens is 1. The Hall–Kier alpha value is -6.29. The van der Waals surface area contributed by atoms with E-state index in [1.807, 2.05) is 55.8 Å². The number of carbonyl (C=O) groups excluding carboxylic acids is 4. The van der Waals surface area contributed by atoms with Gasteiger partial charge in [-0.15, -0.1) is 11.3 Å². The number of likely N-dealkylation sites (tertiary alicyclic amines) is 2. The van der Waals surface area contributed by atoms with Gasteiger partial charge in [-0.2, -0.15) is 0 Å². The summed E-state index contributed by atoms with van der Waals surface area (Å²) in [6, 6.07) is 12.1. The van der Waals surface area contributed by atoms with Gasteiger partial charge in [-0.3, -0.25) is 19.6 Å². The minimum Gasteiger partial charge on any atom is -0.465 e. The van der Waals surface area contributed by atoms with Crippen molar-refractivity contribution >= 4 is 68.8 Å². The Morgan fingerprint density at radius 3 is 1.87 bits per heavy atom. The second-order valence-corrected chi connectivity index (χ2v) is 20.3. The molecule has 0 radical (unpaired) electrons. The number of aliphatic imine (C=N–C) groups is 2. The van der Waals surface area contributed by atoms with Gasteiger partial charge < -0.3 is 39.2 Å². The van der Waals surface area contributed by atoms with E-state index in [9.17, 15) is 19.2 Å². The molecule has 67 heavy (non-hydrogen) atoms. The summed E-state index contributed by atoms with van der Waals surface area (Å²) in [6.07, 6.45) is 6.01. The summed E-state index contributed by atoms with van der Waals surface area (Å²) in [4.78, 5) is 67.5. The number of hydrogen-bond donors (Lipinski definition) is 2. The summed E-state index contributed by atoms with van der Waals surface area (Å²) in [5, 5.41) is 6.36. The van der Waals surface area contributed by atoms with Crippen molar-refractivity contribution in [1.29, 1.82) is 0 Å². The number of alkyl carbamates (subject to hydrolysis) is 2. The molecule has 7 heterocycles. The Labute approximate surface area is 393 Å². The third kappa shape index (κ3) is 8.53. The van der Waals surface area contributed by atoms with Gasteiger partial charge in [0.1, 0.15) is 23.7 Å². The van der Waals surface area contributed by atoms with Crippen molar-refractivity contribution in [2.24, 2.45) is 21.8 Å². The highest BCUT2D eigenvalue weighted by Gasteiger charge is 2.41. The van der Waals surface area contributed by atoms with Crippen molar-refractivity contribution in [2.75, 3.05) is 27.3 Å². The Morgan fingerprint density at radius 1 is 0.776 bits per heavy atom. The van der Waals surface area contributed by atoms with Crippen LogP contribution in [0.5, 0.6) is 5.75 Å². The van der Waals surface area contributed by atoms with E-state index < -0.39 is 36.3 Å². The first-order valence-electron chi connectivity index (χ1n) is 23.2. The summed E-state index contributed by atoms with van der Waals surface area (Å²) in [6.45, 7) is 12.9. The van der Waals surface area contributed by atoms with Gasteiger partial charge in [0, 0.05) is 70.5 Å². The normalized spacial score (nSPS) is 20.8. The monoisotopic (exact) mass is 931 g/mol. The highest BCUT2D eigenvalue weighted by Crippen LogP contribution is 2.48. The average molecular weight is 932 g/mol. The van der Waals surface area contributed by atoms with Gasteiger partial charge in [0.15, 0.2) is 0 Å². The SMILES string of the molecule is COC(=O)N[C@H](C(=O)N1CCC[C@H]1C1=NC=C(c2cc(F)c3c(c2)OC(c2cc(C)sc2C)n2c-3cc3cc(C4=CN=C([C@@H]5CCCN5C(=O)[C@@H](NC(=O)OC)C(C)C)C4)ccc32)C1)C(C)C. The molecule has 0 aliphatic carbocycles. The topological polar surface area (TPSA) is 156 Å². The third-order valence-electron chi connectivity index (χ3n) is 13.8. The molecule has 5 aliphatic heterocycles. The Morgan fingerprint density at radius 2 is 1.34 bits per heavy atom. The van der Waals surface area contributed by atoms with Gasteiger partial charge in [-0.05, 0) is 110 Å². The van der Waals surface area contributed by atoms with Gasteiger partial charge in [-0.1, -0.05) is 33.8 Å². The molecule has 2 aromatic heterocycles. The molecule has 2 saturated heterocycles. The molecular weight excluding hydrogens is 874 g/mol. The summed E-state index contributed by atoms with van der Waals surface area (Å²) in [5.41, 5.74) is 8.24. The van der Waals surface area contributed by atoms with Crippen molar-refractivity contribution in [3.8, 4) is 17.0 Å². The lowest BCUT2D eigenvalue weighted by Gasteiger charge is -2.31. The standard InChI is InChI=1S/C51H58FN7O7S/c1-26(2)45(55-50(62)64-7)47(60)57-15-9-11-40(57)37-20-33(24-53-37)30-13-14-39-32(18-30)22-42-44-36(52)19-31(23-43(44)66-49(59(39)42)35-17-28(5)67-29(35)6)34-21-38(54-25-34)41-12-10-16-58(41)48(61)46(27(3)4)56-51(63)65-8/h13-14,17-19,22-27,40-41,45-46,49H,9-12,15-16,20-21H2,1-8H3,(H,55,62)(H,56,63)/t40-,41-,45-,46-,49?/m0/s1. The van der Waals surface area contributed by atoms with Crippen LogP contribution in [0.4, 0.5) is 14.0 Å². The zero-order chi connectivity index (χ0) is 47.4. The van der Waals surface area contributed by atoms with Crippen LogP contribution in [0.15, 0.2) is 64.8 Å². The number of carbonyl (C=O) groups is 4.